The molecule has 0 heterocycles. The first kappa shape index (κ1) is 18.9. The summed E-state index contributed by atoms with van der Waals surface area (Å²) in [6.45, 7) is 13.7. The van der Waals surface area contributed by atoms with Crippen LogP contribution in [0.2, 0.25) is 18.1 Å². The summed E-state index contributed by atoms with van der Waals surface area (Å²) in [7, 11) is -1.58. The molecule has 4 nitrogen and oxygen atoms in total. The second-order valence-corrected chi connectivity index (χ2v) is 11.4. The molecule has 0 fully saturated rings. The molecule has 0 saturated carbocycles. The zero-order valence-corrected chi connectivity index (χ0v) is 14.3. The molecule has 0 aromatic carbocycles. The van der Waals surface area contributed by atoms with Crippen LogP contribution >= 0.6 is 0 Å². The van der Waals surface area contributed by atoms with Gasteiger partial charge in [0.05, 0.1) is 6.10 Å². The van der Waals surface area contributed by atoms with Crippen LogP contribution in [0.4, 0.5) is 0 Å². The Hall–Kier alpha value is -0.138. The monoisotopic (exact) mass is 288 g/mol. The molecule has 0 aliphatic carbocycles. The minimum Gasteiger partial charge on any atom is -0.424 e. The molecule has 0 aromatic rings. The topological polar surface area (TPSA) is 58.9 Å². The highest BCUT2D eigenvalue weighted by Gasteiger charge is 2.37. The van der Waals surface area contributed by atoms with Crippen LogP contribution in [-0.4, -0.2) is 45.3 Å². The number of methoxy groups -OCH3 is 1. The maximum absolute atomic E-state index is 8.83. The Morgan fingerprint density at radius 3 is 2.16 bits per heavy atom. The molecule has 0 bridgehead atoms. The highest BCUT2D eigenvalue weighted by molar-refractivity contribution is 6.74. The third-order valence-electron chi connectivity index (χ3n) is 3.82. The molecule has 0 aliphatic rings. The third-order valence-corrected chi connectivity index (χ3v) is 8.32. The molecule has 0 aromatic heterocycles. The lowest BCUT2D eigenvalue weighted by Gasteiger charge is -2.37. The van der Waals surface area contributed by atoms with E-state index in [0.717, 1.165) is 0 Å². The van der Waals surface area contributed by atoms with Gasteiger partial charge >= 0.3 is 7.12 Å². The van der Waals surface area contributed by atoms with E-state index in [0.29, 0.717) is 6.61 Å². The van der Waals surface area contributed by atoms with Crippen molar-refractivity contribution in [1.29, 1.82) is 0 Å². The average molecular weight is 288 g/mol. The van der Waals surface area contributed by atoms with Gasteiger partial charge in [-0.25, -0.2) is 0 Å². The van der Waals surface area contributed by atoms with Gasteiger partial charge in [-0.3, -0.25) is 0 Å². The molecule has 0 saturated heterocycles. The minimum atomic E-state index is -1.75. The maximum Gasteiger partial charge on any atom is 0.480 e. The van der Waals surface area contributed by atoms with Gasteiger partial charge in [0.25, 0.3) is 0 Å². The normalized spacial score (nSPS) is 16.7. The van der Waals surface area contributed by atoms with E-state index >= 15 is 0 Å². The van der Waals surface area contributed by atoms with Crippen LogP contribution < -0.4 is 0 Å². The van der Waals surface area contributed by atoms with Crippen molar-refractivity contribution in [2.24, 2.45) is 5.92 Å². The molecule has 2 atom stereocenters. The first-order valence-electron chi connectivity index (χ1n) is 6.72. The van der Waals surface area contributed by atoms with E-state index < -0.39 is 15.4 Å². The quantitative estimate of drug-likeness (QED) is 0.705. The van der Waals surface area contributed by atoms with Crippen molar-refractivity contribution in [2.45, 2.75) is 51.9 Å². The maximum atomic E-state index is 8.83. The number of hydrogen-bond donors (Lipinski definition) is 2. The summed E-state index contributed by atoms with van der Waals surface area (Å²) in [6.07, 6.45) is 1.50. The molecule has 112 valence electrons. The Labute approximate surface area is 119 Å². The van der Waals surface area contributed by atoms with Crippen LogP contribution in [0.15, 0.2) is 12.1 Å². The van der Waals surface area contributed by atoms with Crippen LogP contribution in [0.25, 0.3) is 0 Å². The van der Waals surface area contributed by atoms with Gasteiger partial charge in [-0.2, -0.15) is 0 Å². The van der Waals surface area contributed by atoms with Crippen molar-refractivity contribution in [2.75, 3.05) is 13.7 Å². The SMILES string of the molecule is CO[C@@H](/C=C/B(O)O)[C@H](C)CO[Si](C)(C)C(C)(C)C. The molecule has 19 heavy (non-hydrogen) atoms. The molecule has 0 radical (unpaired) electrons. The van der Waals surface area contributed by atoms with Crippen molar-refractivity contribution in [3.63, 3.8) is 0 Å². The molecular weight excluding hydrogens is 259 g/mol. The predicted octanol–water partition coefficient (Wildman–Crippen LogP) is 2.23. The van der Waals surface area contributed by atoms with Gasteiger partial charge < -0.3 is 19.2 Å². The fraction of sp³-hybridized carbons (Fsp3) is 0.846. The second kappa shape index (κ2) is 7.59. The van der Waals surface area contributed by atoms with Crippen molar-refractivity contribution in [3.8, 4) is 0 Å². The average Bonchev–Trinajstić information content (AvgIpc) is 2.25. The van der Waals surface area contributed by atoms with Crippen LogP contribution in [0, 0.1) is 5.92 Å². The van der Waals surface area contributed by atoms with Gasteiger partial charge in [0.2, 0.25) is 0 Å². The zero-order valence-electron chi connectivity index (χ0n) is 13.3. The summed E-state index contributed by atoms with van der Waals surface area (Å²) < 4.78 is 11.5. The van der Waals surface area contributed by atoms with Crippen LogP contribution in [-0.2, 0) is 9.16 Å². The zero-order chi connectivity index (χ0) is 15.3. The van der Waals surface area contributed by atoms with Gasteiger partial charge in [0, 0.05) is 19.6 Å². The predicted molar refractivity (Wildman–Crippen MR) is 82.4 cm³/mol. The first-order valence-corrected chi connectivity index (χ1v) is 9.63. The largest absolute Gasteiger partial charge is 0.480 e. The van der Waals surface area contributed by atoms with Crippen molar-refractivity contribution in [1.82, 2.24) is 0 Å². The minimum absolute atomic E-state index is 0.161. The summed E-state index contributed by atoms with van der Waals surface area (Å²) >= 11 is 0. The molecule has 0 aliphatic heterocycles. The smallest absolute Gasteiger partial charge is 0.424 e. The molecule has 0 spiro atoms. The standard InChI is InChI=1S/C13H29BO4Si/c1-11(12(17-5)8-9-14(15)16)10-18-19(6,7)13(2,3)4/h8-9,11-12,15-16H,10H2,1-7H3/b9-8+/t11-,12+/m1/s1. The van der Waals surface area contributed by atoms with E-state index in [2.05, 4.69) is 33.9 Å². The highest BCUT2D eigenvalue weighted by atomic mass is 28.4. The number of rotatable bonds is 7. The van der Waals surface area contributed by atoms with E-state index in [4.69, 9.17) is 19.2 Å². The summed E-state index contributed by atoms with van der Waals surface area (Å²) in [5, 5.41) is 17.9. The molecule has 0 rings (SSSR count). The van der Waals surface area contributed by atoms with E-state index in [-0.39, 0.29) is 17.1 Å². The van der Waals surface area contributed by atoms with Crippen molar-refractivity contribution in [3.05, 3.63) is 12.1 Å². The van der Waals surface area contributed by atoms with Crippen LogP contribution in [0.3, 0.4) is 0 Å². The molecular formula is C13H29BO4Si. The van der Waals surface area contributed by atoms with E-state index in [1.807, 2.05) is 6.92 Å². The van der Waals surface area contributed by atoms with Crippen molar-refractivity contribution < 1.29 is 19.2 Å². The van der Waals surface area contributed by atoms with E-state index in [1.54, 1.807) is 13.2 Å². The van der Waals surface area contributed by atoms with Gasteiger partial charge in [-0.15, -0.1) is 0 Å². The molecule has 6 heteroatoms. The molecule has 0 amide bonds. The van der Waals surface area contributed by atoms with Gasteiger partial charge in [-0.05, 0) is 18.1 Å². The van der Waals surface area contributed by atoms with Gasteiger partial charge in [0.15, 0.2) is 8.32 Å². The summed E-state index contributed by atoms with van der Waals surface area (Å²) in [4.78, 5) is 0. The second-order valence-electron chi connectivity index (χ2n) is 6.55. The Morgan fingerprint density at radius 2 is 1.79 bits per heavy atom. The fourth-order valence-electron chi connectivity index (χ4n) is 1.36. The highest BCUT2D eigenvalue weighted by Crippen LogP contribution is 2.36. The lowest BCUT2D eigenvalue weighted by molar-refractivity contribution is 0.0691. The third kappa shape index (κ3) is 6.72. The van der Waals surface area contributed by atoms with Gasteiger partial charge in [-0.1, -0.05) is 39.7 Å². The number of hydrogen-bond acceptors (Lipinski definition) is 4. The lowest BCUT2D eigenvalue weighted by Crippen LogP contribution is -2.42. The summed E-state index contributed by atoms with van der Waals surface area (Å²) in [6, 6.07) is 0. The van der Waals surface area contributed by atoms with E-state index in [1.165, 1.54) is 5.98 Å². The van der Waals surface area contributed by atoms with Gasteiger partial charge in [0.1, 0.15) is 0 Å². The Balaban J connectivity index is 4.47. The summed E-state index contributed by atoms with van der Waals surface area (Å²) in [5.41, 5.74) is 0. The fourth-order valence-corrected chi connectivity index (χ4v) is 2.47. The lowest BCUT2D eigenvalue weighted by atomic mass is 9.89. The van der Waals surface area contributed by atoms with Crippen LogP contribution in [0.5, 0.6) is 0 Å². The first-order chi connectivity index (χ1) is 8.51. The Bertz CT molecular complexity index is 287. The van der Waals surface area contributed by atoms with Crippen LogP contribution in [0.1, 0.15) is 27.7 Å². The Morgan fingerprint density at radius 1 is 1.26 bits per heavy atom. The van der Waals surface area contributed by atoms with Crippen molar-refractivity contribution >= 4 is 15.4 Å². The van der Waals surface area contributed by atoms with E-state index in [9.17, 15) is 0 Å². The number of ether oxygens (including phenoxy) is 1. The molecule has 0 unspecified atom stereocenters. The summed E-state index contributed by atoms with van der Waals surface area (Å²) in [5.74, 6) is 1.48. The molecule has 2 N–H and O–H groups in total. The Kier molecular flexibility index (Phi) is 7.54.